The van der Waals surface area contributed by atoms with Gasteiger partial charge >= 0.3 is 6.15 Å². The van der Waals surface area contributed by atoms with Gasteiger partial charge in [-0.2, -0.15) is 0 Å². The van der Waals surface area contributed by atoms with Gasteiger partial charge in [0, 0.05) is 0 Å². The van der Waals surface area contributed by atoms with Crippen LogP contribution in [-0.2, 0) is 0 Å². The van der Waals surface area contributed by atoms with Gasteiger partial charge in [-0.3, -0.25) is 4.90 Å². The number of nitrogens with zero attached hydrogens (tertiary/aromatic N) is 5. The van der Waals surface area contributed by atoms with Crippen LogP contribution in [0.1, 0.15) is 39.0 Å². The van der Waals surface area contributed by atoms with E-state index in [1.54, 1.807) is 0 Å². The van der Waals surface area contributed by atoms with Crippen LogP contribution < -0.4 is 4.90 Å². The molecule has 1 heterocycles. The zero-order valence-corrected chi connectivity index (χ0v) is 12.3. The molecule has 0 aromatic carbocycles. The van der Waals surface area contributed by atoms with Crippen molar-refractivity contribution in [2.45, 2.75) is 39.0 Å². The molecule has 0 radical (unpaired) electrons. The van der Waals surface area contributed by atoms with Crippen molar-refractivity contribution in [1.29, 1.82) is 21.0 Å². The fourth-order valence-corrected chi connectivity index (χ4v) is 1.57. The smallest absolute Gasteiger partial charge is 0.265 e. The molecule has 0 fully saturated rings. The number of nitriles is 4. The van der Waals surface area contributed by atoms with Crippen molar-refractivity contribution in [3.05, 3.63) is 12.4 Å². The summed E-state index contributed by atoms with van der Waals surface area (Å²) in [6, 6.07) is 0. The third-order valence-electron chi connectivity index (χ3n) is 2.96. The second kappa shape index (κ2) is 11.2. The van der Waals surface area contributed by atoms with E-state index in [2.05, 4.69) is 18.1 Å². The van der Waals surface area contributed by atoms with E-state index in [-0.39, 0.29) is 0 Å². The molecule has 6 nitrogen and oxygen atoms in total. The van der Waals surface area contributed by atoms with Crippen LogP contribution in [0.25, 0.3) is 0 Å². The summed E-state index contributed by atoms with van der Waals surface area (Å²) in [6.07, 6.45) is 10.0. The van der Waals surface area contributed by atoms with Crippen LogP contribution in [0.2, 0.25) is 0 Å². The van der Waals surface area contributed by atoms with Crippen molar-refractivity contribution < 1.29 is 4.90 Å². The molecule has 7 heteroatoms. The number of aliphatic imine (C=N–C) groups is 1. The van der Waals surface area contributed by atoms with Crippen LogP contribution in [0.3, 0.4) is 0 Å². The first kappa shape index (κ1) is 18.4. The summed E-state index contributed by atoms with van der Waals surface area (Å²) in [6.45, 7) is 3.46. The van der Waals surface area contributed by atoms with Crippen molar-refractivity contribution >= 4 is 12.5 Å². The Morgan fingerprint density at radius 1 is 0.952 bits per heavy atom. The Kier molecular flexibility index (Phi) is 9.85. The van der Waals surface area contributed by atoms with Crippen LogP contribution in [0.15, 0.2) is 17.4 Å². The molecule has 1 rings (SSSR count). The molecule has 21 heavy (non-hydrogen) atoms. The summed E-state index contributed by atoms with van der Waals surface area (Å²) >= 11 is 0. The lowest BCUT2D eigenvalue weighted by molar-refractivity contribution is -0.736. The lowest BCUT2D eigenvalue weighted by Gasteiger charge is -2.04. The van der Waals surface area contributed by atoms with Crippen LogP contribution in [0.4, 0.5) is 0 Å². The predicted octanol–water partition coefficient (Wildman–Crippen LogP) is 1.04. The number of unbranched alkanes of at least 4 members (excludes halogenated alkanes) is 4. The summed E-state index contributed by atoms with van der Waals surface area (Å²) in [5.74, 6) is 5.38. The molecule has 0 amide bonds. The number of hydrogen-bond acceptors (Lipinski definition) is 5. The van der Waals surface area contributed by atoms with Gasteiger partial charge in [-0.15, -0.1) is 23.9 Å². The number of rotatable bonds is 6. The Morgan fingerprint density at radius 2 is 1.52 bits per heavy atom. The monoisotopic (exact) mass is 282 g/mol. The first-order valence-electron chi connectivity index (χ1n) is 7.04. The summed E-state index contributed by atoms with van der Waals surface area (Å²) in [5.41, 5.74) is 0. The maximum Gasteiger partial charge on any atom is 0.383 e. The van der Waals surface area contributed by atoms with E-state index in [9.17, 15) is 0 Å². The molecule has 108 valence electrons. The van der Waals surface area contributed by atoms with Crippen molar-refractivity contribution in [3.8, 4) is 23.9 Å². The van der Waals surface area contributed by atoms with E-state index in [1.165, 1.54) is 67.4 Å². The van der Waals surface area contributed by atoms with Gasteiger partial charge in [-0.1, -0.05) is 26.2 Å². The van der Waals surface area contributed by atoms with Gasteiger partial charge in [0.15, 0.2) is 6.34 Å². The molecule has 1 atom stereocenters. The normalized spacial score (nSPS) is 15.0. The lowest BCUT2D eigenvalue weighted by Crippen LogP contribution is -3.05. The van der Waals surface area contributed by atoms with E-state index >= 15 is 0 Å². The second-order valence-corrected chi connectivity index (χ2v) is 4.72. The molecule has 0 spiro atoms. The minimum atomic E-state index is -2.72. The Balaban J connectivity index is 0.000000400. The highest BCUT2D eigenvalue weighted by atomic mass is 15.2. The molecule has 1 unspecified atom stereocenters. The van der Waals surface area contributed by atoms with Gasteiger partial charge in [-0.25, -0.2) is 26.0 Å². The average molecular weight is 282 g/mol. The maximum absolute atomic E-state index is 8.09. The predicted molar refractivity (Wildman–Crippen MR) is 80.4 cm³/mol. The summed E-state index contributed by atoms with van der Waals surface area (Å²) in [7, 11) is 0. The molecule has 0 aromatic heterocycles. The standard InChI is InChI=1S/C10H18N2.C4BN4/c1-2-3-4-5-6-8-12-9-7-11-10-12;6-1-5(2-7,3-8)4-9/h7,9-10H,2-6,8H2,1H3;/q;-1/p+1. The number of hydrogen-bond donors (Lipinski definition) is 1. The van der Waals surface area contributed by atoms with Gasteiger partial charge in [0.2, 0.25) is 0 Å². The van der Waals surface area contributed by atoms with Crippen molar-refractivity contribution in [3.63, 3.8) is 0 Å². The largest absolute Gasteiger partial charge is 0.383 e. The second-order valence-electron chi connectivity index (χ2n) is 4.72. The van der Waals surface area contributed by atoms with Crippen LogP contribution in [0, 0.1) is 44.9 Å². The zero-order chi connectivity index (χ0) is 16.0. The first-order valence-corrected chi connectivity index (χ1v) is 7.04. The van der Waals surface area contributed by atoms with Crippen molar-refractivity contribution in [1.82, 2.24) is 0 Å². The first-order chi connectivity index (χ1) is 10.2. The van der Waals surface area contributed by atoms with Crippen LogP contribution in [0.5, 0.6) is 0 Å². The van der Waals surface area contributed by atoms with E-state index < -0.39 is 6.15 Å². The summed E-state index contributed by atoms with van der Waals surface area (Å²) in [5, 5.41) is 32.3. The van der Waals surface area contributed by atoms with Crippen molar-refractivity contribution in [2.24, 2.45) is 4.99 Å². The molecule has 0 saturated heterocycles. The van der Waals surface area contributed by atoms with E-state index in [4.69, 9.17) is 21.0 Å². The Hall–Kier alpha value is -2.61. The summed E-state index contributed by atoms with van der Waals surface area (Å²) in [4.78, 5) is 5.43. The van der Waals surface area contributed by atoms with Gasteiger partial charge in [0.25, 0.3) is 0 Å². The average Bonchev–Trinajstić information content (AvgIpc) is 3.04. The van der Waals surface area contributed by atoms with Gasteiger partial charge in [0.05, 0.1) is 12.7 Å². The zero-order valence-electron chi connectivity index (χ0n) is 12.3. The molecule has 0 aromatic rings. The van der Waals surface area contributed by atoms with Crippen molar-refractivity contribution in [2.75, 3.05) is 6.54 Å². The van der Waals surface area contributed by atoms with E-state index in [1.807, 2.05) is 12.5 Å². The Morgan fingerprint density at radius 3 is 1.90 bits per heavy atom. The van der Waals surface area contributed by atoms with Gasteiger partial charge < -0.3 is 0 Å². The van der Waals surface area contributed by atoms with E-state index in [0.717, 1.165) is 0 Å². The van der Waals surface area contributed by atoms with E-state index in [0.29, 0.717) is 0 Å². The Bertz CT molecular complexity index is 452. The molecule has 1 aliphatic heterocycles. The Labute approximate surface area is 126 Å². The molecule has 0 aliphatic carbocycles. The molecule has 0 bridgehead atoms. The maximum atomic E-state index is 8.09. The molecular weight excluding hydrogens is 263 g/mol. The highest BCUT2D eigenvalue weighted by molar-refractivity contribution is 7.05. The third kappa shape index (κ3) is 7.53. The third-order valence-corrected chi connectivity index (χ3v) is 2.96. The number of quaternary nitrogens is 1. The lowest BCUT2D eigenvalue weighted by atomic mass is 9.30. The highest BCUT2D eigenvalue weighted by Crippen LogP contribution is 2.00. The van der Waals surface area contributed by atoms with Gasteiger partial charge in [-0.05, 0) is 12.8 Å². The molecule has 1 aliphatic rings. The number of nitrogens with one attached hydrogen (secondary N) is 1. The molecule has 1 N–H and O–H groups in total. The highest BCUT2D eigenvalue weighted by Gasteiger charge is 2.22. The topological polar surface area (TPSA) is 112 Å². The fraction of sp³-hybridized carbons (Fsp3) is 0.500. The van der Waals surface area contributed by atoms with Crippen LogP contribution in [-0.4, -0.2) is 19.0 Å². The minimum Gasteiger partial charge on any atom is -0.265 e. The molecule has 0 saturated carbocycles. The summed E-state index contributed by atoms with van der Waals surface area (Å²) < 4.78 is 0. The minimum absolute atomic E-state index is 1.21. The quantitative estimate of drug-likeness (QED) is 0.579. The van der Waals surface area contributed by atoms with Gasteiger partial charge in [0.1, 0.15) is 6.20 Å². The molecular formula is C14H19BN6. The SMILES string of the molecule is CCCCCCC[NH+]1C=CN=C1.N#C[B-](C#N)(C#N)C#N. The fourth-order valence-electron chi connectivity index (χ4n) is 1.57. The van der Waals surface area contributed by atoms with Crippen LogP contribution >= 0.6 is 0 Å².